The minimum Gasteiger partial charge on any atom is -0.496 e. The van der Waals surface area contributed by atoms with Gasteiger partial charge in [0, 0.05) is 18.2 Å². The number of benzene rings is 2. The summed E-state index contributed by atoms with van der Waals surface area (Å²) in [5, 5.41) is 8.74. The molecule has 0 saturated carbocycles. The van der Waals surface area contributed by atoms with Gasteiger partial charge in [0.1, 0.15) is 23.9 Å². The van der Waals surface area contributed by atoms with Gasteiger partial charge in [-0.1, -0.05) is 12.1 Å². The van der Waals surface area contributed by atoms with Crippen LogP contribution in [0.3, 0.4) is 0 Å². The molecule has 0 fully saturated rings. The number of hydrogen-bond acceptors (Lipinski definition) is 4. The van der Waals surface area contributed by atoms with Gasteiger partial charge < -0.3 is 14.2 Å². The van der Waals surface area contributed by atoms with E-state index >= 15 is 0 Å². The first kappa shape index (κ1) is 13.8. The van der Waals surface area contributed by atoms with E-state index in [1.807, 2.05) is 12.1 Å². The van der Waals surface area contributed by atoms with Crippen molar-refractivity contribution in [2.24, 2.45) is 0 Å². The maximum atomic E-state index is 8.74. The molecular formula is C16H15NO3. The van der Waals surface area contributed by atoms with Crippen molar-refractivity contribution in [1.82, 2.24) is 0 Å². The van der Waals surface area contributed by atoms with E-state index in [4.69, 9.17) is 19.5 Å². The minimum atomic E-state index is 0.419. The molecule has 0 spiro atoms. The first-order valence-corrected chi connectivity index (χ1v) is 6.10. The van der Waals surface area contributed by atoms with Gasteiger partial charge in [-0.2, -0.15) is 5.26 Å². The third kappa shape index (κ3) is 3.42. The topological polar surface area (TPSA) is 51.5 Å². The second-order valence-electron chi connectivity index (χ2n) is 4.15. The summed E-state index contributed by atoms with van der Waals surface area (Å²) in [6.07, 6.45) is 0. The smallest absolute Gasteiger partial charge is 0.127 e. The highest BCUT2D eigenvalue weighted by Crippen LogP contribution is 2.27. The molecule has 102 valence electrons. The van der Waals surface area contributed by atoms with Crippen molar-refractivity contribution in [3.8, 4) is 23.3 Å². The van der Waals surface area contributed by atoms with Crippen LogP contribution < -0.4 is 14.2 Å². The van der Waals surface area contributed by atoms with Gasteiger partial charge in [0.15, 0.2) is 0 Å². The number of methoxy groups -OCH3 is 2. The van der Waals surface area contributed by atoms with E-state index in [1.54, 1.807) is 44.6 Å². The monoisotopic (exact) mass is 269 g/mol. The van der Waals surface area contributed by atoms with E-state index in [-0.39, 0.29) is 0 Å². The predicted octanol–water partition coefficient (Wildman–Crippen LogP) is 3.15. The van der Waals surface area contributed by atoms with Crippen molar-refractivity contribution in [2.45, 2.75) is 6.61 Å². The normalized spacial score (nSPS) is 9.65. The zero-order chi connectivity index (χ0) is 14.4. The maximum absolute atomic E-state index is 8.74. The number of ether oxygens (including phenoxy) is 3. The Morgan fingerprint density at radius 2 is 1.45 bits per heavy atom. The summed E-state index contributed by atoms with van der Waals surface area (Å²) in [7, 11) is 3.19. The van der Waals surface area contributed by atoms with Gasteiger partial charge in [-0.25, -0.2) is 0 Å². The molecule has 0 bridgehead atoms. The molecular weight excluding hydrogens is 254 g/mol. The molecule has 0 atom stereocenters. The fourth-order valence-electron chi connectivity index (χ4n) is 1.71. The van der Waals surface area contributed by atoms with Crippen molar-refractivity contribution >= 4 is 0 Å². The summed E-state index contributed by atoms with van der Waals surface area (Å²) < 4.78 is 16.1. The van der Waals surface area contributed by atoms with Crippen LogP contribution in [0.25, 0.3) is 0 Å². The Morgan fingerprint density at radius 3 is 1.95 bits per heavy atom. The van der Waals surface area contributed by atoms with Crippen LogP contribution in [0.4, 0.5) is 0 Å². The molecule has 0 aliphatic heterocycles. The van der Waals surface area contributed by atoms with E-state index in [2.05, 4.69) is 6.07 Å². The summed E-state index contributed by atoms with van der Waals surface area (Å²) in [5.74, 6) is 2.03. The Balaban J connectivity index is 2.07. The molecule has 2 aromatic carbocycles. The van der Waals surface area contributed by atoms with Gasteiger partial charge in [0.05, 0.1) is 25.9 Å². The molecule has 2 aromatic rings. The predicted molar refractivity (Wildman–Crippen MR) is 75.0 cm³/mol. The largest absolute Gasteiger partial charge is 0.496 e. The highest BCUT2D eigenvalue weighted by molar-refractivity contribution is 5.42. The van der Waals surface area contributed by atoms with Crippen LogP contribution in [0.5, 0.6) is 17.2 Å². The number of nitriles is 1. The quantitative estimate of drug-likeness (QED) is 0.836. The molecule has 0 N–H and O–H groups in total. The van der Waals surface area contributed by atoms with Gasteiger partial charge in [0.25, 0.3) is 0 Å². The van der Waals surface area contributed by atoms with Gasteiger partial charge >= 0.3 is 0 Å². The molecule has 0 aliphatic rings. The Morgan fingerprint density at radius 1 is 0.900 bits per heavy atom. The molecule has 2 rings (SSSR count). The zero-order valence-electron chi connectivity index (χ0n) is 11.4. The fourth-order valence-corrected chi connectivity index (χ4v) is 1.71. The first-order valence-electron chi connectivity index (χ1n) is 6.10. The Bertz CT molecular complexity index is 592. The van der Waals surface area contributed by atoms with Gasteiger partial charge in [-0.05, 0) is 17.7 Å². The van der Waals surface area contributed by atoms with Gasteiger partial charge in [0.2, 0.25) is 0 Å². The number of hydrogen-bond donors (Lipinski definition) is 0. The minimum absolute atomic E-state index is 0.419. The van der Waals surface area contributed by atoms with E-state index in [0.717, 1.165) is 5.56 Å². The average molecular weight is 269 g/mol. The van der Waals surface area contributed by atoms with Crippen molar-refractivity contribution in [1.29, 1.82) is 5.26 Å². The second-order valence-corrected chi connectivity index (χ2v) is 4.15. The molecule has 4 nitrogen and oxygen atoms in total. The standard InChI is InChI=1S/C16H15NO3/c1-18-14-7-15(19-2)9-16(8-14)20-11-13-5-3-12(10-17)4-6-13/h3-9H,11H2,1-2H3. The van der Waals surface area contributed by atoms with Gasteiger partial charge in [-0.15, -0.1) is 0 Å². The Kier molecular flexibility index (Phi) is 4.46. The fraction of sp³-hybridized carbons (Fsp3) is 0.188. The van der Waals surface area contributed by atoms with Crippen LogP contribution in [0.2, 0.25) is 0 Å². The van der Waals surface area contributed by atoms with Crippen LogP contribution in [-0.2, 0) is 6.61 Å². The summed E-state index contributed by atoms with van der Waals surface area (Å²) in [5.41, 5.74) is 1.63. The van der Waals surface area contributed by atoms with Crippen molar-refractivity contribution in [3.05, 3.63) is 53.6 Å². The lowest BCUT2D eigenvalue weighted by atomic mass is 10.1. The maximum Gasteiger partial charge on any atom is 0.127 e. The summed E-state index contributed by atoms with van der Waals surface area (Å²) in [4.78, 5) is 0. The van der Waals surface area contributed by atoms with Crippen LogP contribution in [0.15, 0.2) is 42.5 Å². The molecule has 20 heavy (non-hydrogen) atoms. The van der Waals surface area contributed by atoms with Crippen LogP contribution in [-0.4, -0.2) is 14.2 Å². The third-order valence-electron chi connectivity index (χ3n) is 2.81. The lowest BCUT2D eigenvalue weighted by molar-refractivity contribution is 0.300. The highest BCUT2D eigenvalue weighted by atomic mass is 16.5. The average Bonchev–Trinajstić information content (AvgIpc) is 2.53. The Labute approximate surface area is 118 Å². The molecule has 0 saturated heterocycles. The molecule has 0 aromatic heterocycles. The van der Waals surface area contributed by atoms with Crippen LogP contribution in [0, 0.1) is 11.3 Å². The lowest BCUT2D eigenvalue weighted by Gasteiger charge is -2.10. The Hall–Kier alpha value is -2.67. The van der Waals surface area contributed by atoms with E-state index in [1.165, 1.54) is 0 Å². The number of nitrogens with zero attached hydrogens (tertiary/aromatic N) is 1. The molecule has 0 amide bonds. The van der Waals surface area contributed by atoms with Crippen molar-refractivity contribution in [3.63, 3.8) is 0 Å². The van der Waals surface area contributed by atoms with E-state index in [0.29, 0.717) is 29.4 Å². The summed E-state index contributed by atoms with van der Waals surface area (Å²) in [6.45, 7) is 0.419. The molecule has 0 heterocycles. The van der Waals surface area contributed by atoms with Gasteiger partial charge in [-0.3, -0.25) is 0 Å². The van der Waals surface area contributed by atoms with Crippen LogP contribution in [0.1, 0.15) is 11.1 Å². The molecule has 0 unspecified atom stereocenters. The summed E-state index contributed by atoms with van der Waals surface area (Å²) >= 11 is 0. The molecule has 0 aliphatic carbocycles. The molecule has 0 radical (unpaired) electrons. The molecule has 4 heteroatoms. The third-order valence-corrected chi connectivity index (χ3v) is 2.81. The zero-order valence-corrected chi connectivity index (χ0v) is 11.4. The number of rotatable bonds is 5. The van der Waals surface area contributed by atoms with Crippen LogP contribution >= 0.6 is 0 Å². The first-order chi connectivity index (χ1) is 9.75. The van der Waals surface area contributed by atoms with E-state index in [9.17, 15) is 0 Å². The van der Waals surface area contributed by atoms with E-state index < -0.39 is 0 Å². The second kappa shape index (κ2) is 6.48. The lowest BCUT2D eigenvalue weighted by Crippen LogP contribution is -1.96. The highest BCUT2D eigenvalue weighted by Gasteiger charge is 2.03. The van der Waals surface area contributed by atoms with Crippen molar-refractivity contribution in [2.75, 3.05) is 14.2 Å². The summed E-state index contributed by atoms with van der Waals surface area (Å²) in [6, 6.07) is 14.7. The van der Waals surface area contributed by atoms with Crippen molar-refractivity contribution < 1.29 is 14.2 Å². The SMILES string of the molecule is COc1cc(OC)cc(OCc2ccc(C#N)cc2)c1.